The quantitative estimate of drug-likeness (QED) is 0.640. The van der Waals surface area contributed by atoms with E-state index >= 15 is 0 Å². The Hall–Kier alpha value is -2.81. The van der Waals surface area contributed by atoms with Crippen LogP contribution in [0.2, 0.25) is 0 Å². The molecule has 1 N–H and O–H groups in total. The number of amides is 1. The molecule has 3 aromatic rings. The largest absolute Gasteiger partial charge is 0.324 e. The Morgan fingerprint density at radius 3 is 2.15 bits per heavy atom. The number of aromatic nitrogens is 1. The van der Waals surface area contributed by atoms with Crippen LogP contribution in [0, 0.1) is 0 Å². The lowest BCUT2D eigenvalue weighted by Crippen LogP contribution is -2.12. The molecule has 1 aromatic heterocycles. The van der Waals surface area contributed by atoms with Gasteiger partial charge in [0.15, 0.2) is 0 Å². The zero-order valence-corrected chi connectivity index (χ0v) is 14.9. The predicted octanol–water partition coefficient (Wildman–Crippen LogP) is 5.78. The first-order chi connectivity index (χ1) is 12.8. The molecule has 1 amide bonds. The van der Waals surface area contributed by atoms with Crippen molar-refractivity contribution in [2.45, 2.75) is 38.0 Å². The zero-order valence-electron chi connectivity index (χ0n) is 14.9. The minimum absolute atomic E-state index is 0.0746. The van der Waals surface area contributed by atoms with E-state index < -0.39 is 0 Å². The summed E-state index contributed by atoms with van der Waals surface area (Å²) in [6.07, 6.45) is 10.6. The molecule has 0 bridgehead atoms. The first kappa shape index (κ1) is 16.6. The highest BCUT2D eigenvalue weighted by atomic mass is 16.1. The molecule has 3 nitrogen and oxygen atoms in total. The fourth-order valence-electron chi connectivity index (χ4n) is 3.77. The van der Waals surface area contributed by atoms with Crippen LogP contribution < -0.4 is 5.32 Å². The maximum Gasteiger partial charge on any atom is 0.255 e. The number of anilines is 1. The van der Waals surface area contributed by atoms with Gasteiger partial charge in [0.05, 0.1) is 0 Å². The van der Waals surface area contributed by atoms with E-state index in [1.165, 1.54) is 37.7 Å². The lowest BCUT2D eigenvalue weighted by atomic mass is 9.84. The van der Waals surface area contributed by atoms with E-state index in [0.717, 1.165) is 11.4 Å². The second-order valence-corrected chi connectivity index (χ2v) is 7.05. The Morgan fingerprint density at radius 1 is 0.846 bits per heavy atom. The van der Waals surface area contributed by atoms with Crippen molar-refractivity contribution < 1.29 is 4.79 Å². The molecule has 0 atom stereocenters. The summed E-state index contributed by atoms with van der Waals surface area (Å²) >= 11 is 0. The molecule has 0 unspecified atom stereocenters. The van der Waals surface area contributed by atoms with Crippen molar-refractivity contribution in [3.8, 4) is 5.69 Å². The Labute approximate surface area is 154 Å². The van der Waals surface area contributed by atoms with Crippen molar-refractivity contribution in [3.63, 3.8) is 0 Å². The first-order valence-corrected chi connectivity index (χ1v) is 9.44. The Balaban J connectivity index is 1.41. The van der Waals surface area contributed by atoms with Crippen LogP contribution >= 0.6 is 0 Å². The molecule has 1 heterocycles. The number of hydrogen-bond donors (Lipinski definition) is 1. The number of nitrogens with zero attached hydrogens (tertiary/aromatic N) is 1. The second-order valence-electron chi connectivity index (χ2n) is 7.05. The van der Waals surface area contributed by atoms with Gasteiger partial charge in [0.25, 0.3) is 5.91 Å². The highest BCUT2D eigenvalue weighted by Gasteiger charge is 2.15. The summed E-state index contributed by atoms with van der Waals surface area (Å²) in [7, 11) is 0. The van der Waals surface area contributed by atoms with Crippen LogP contribution in [0.4, 0.5) is 5.69 Å². The van der Waals surface area contributed by atoms with E-state index in [4.69, 9.17) is 0 Å². The molecule has 26 heavy (non-hydrogen) atoms. The van der Waals surface area contributed by atoms with Gasteiger partial charge in [0, 0.05) is 29.3 Å². The van der Waals surface area contributed by atoms with Gasteiger partial charge < -0.3 is 9.88 Å². The average molecular weight is 344 g/mol. The van der Waals surface area contributed by atoms with Crippen LogP contribution in [-0.2, 0) is 0 Å². The summed E-state index contributed by atoms with van der Waals surface area (Å²) in [5, 5.41) is 3.00. The van der Waals surface area contributed by atoms with Crippen LogP contribution in [-0.4, -0.2) is 10.5 Å². The summed E-state index contributed by atoms with van der Waals surface area (Å²) in [4.78, 5) is 12.5. The Morgan fingerprint density at radius 2 is 1.50 bits per heavy atom. The van der Waals surface area contributed by atoms with E-state index in [1.54, 1.807) is 0 Å². The predicted molar refractivity (Wildman–Crippen MR) is 106 cm³/mol. The zero-order chi connectivity index (χ0) is 17.8. The maximum atomic E-state index is 12.5. The summed E-state index contributed by atoms with van der Waals surface area (Å²) in [6, 6.07) is 20.0. The molecule has 132 valence electrons. The molecule has 4 rings (SSSR count). The molecular weight excluding hydrogens is 320 g/mol. The third-order valence-electron chi connectivity index (χ3n) is 5.28. The van der Waals surface area contributed by atoms with Crippen molar-refractivity contribution in [1.82, 2.24) is 4.57 Å². The molecule has 2 aromatic carbocycles. The standard InChI is InChI=1S/C23H24N2O/c26-23(20-10-14-22(15-11-20)25-16-4-5-17-25)24-21-12-8-19(9-13-21)18-6-2-1-3-7-18/h4-5,8-18H,1-3,6-7H2,(H,24,26). The van der Waals surface area contributed by atoms with E-state index in [2.05, 4.69) is 17.4 Å². The molecule has 0 saturated heterocycles. The van der Waals surface area contributed by atoms with Gasteiger partial charge in [-0.1, -0.05) is 31.4 Å². The summed E-state index contributed by atoms with van der Waals surface area (Å²) < 4.78 is 2.02. The summed E-state index contributed by atoms with van der Waals surface area (Å²) in [5.41, 5.74) is 3.96. The third-order valence-corrected chi connectivity index (χ3v) is 5.28. The fraction of sp³-hybridized carbons (Fsp3) is 0.261. The second kappa shape index (κ2) is 7.61. The first-order valence-electron chi connectivity index (χ1n) is 9.44. The van der Waals surface area contributed by atoms with Gasteiger partial charge in [0.1, 0.15) is 0 Å². The molecule has 3 heteroatoms. The lowest BCUT2D eigenvalue weighted by molar-refractivity contribution is 0.102. The minimum atomic E-state index is -0.0746. The molecule has 1 aliphatic carbocycles. The molecule has 1 saturated carbocycles. The minimum Gasteiger partial charge on any atom is -0.324 e. The third kappa shape index (κ3) is 3.72. The molecule has 0 aliphatic heterocycles. The monoisotopic (exact) mass is 344 g/mol. The Bertz CT molecular complexity index is 842. The number of rotatable bonds is 4. The highest BCUT2D eigenvalue weighted by molar-refractivity contribution is 6.04. The van der Waals surface area contributed by atoms with Gasteiger partial charge in [-0.2, -0.15) is 0 Å². The molecule has 0 radical (unpaired) electrons. The summed E-state index contributed by atoms with van der Waals surface area (Å²) in [5.74, 6) is 0.615. The van der Waals surface area contributed by atoms with Crippen LogP contribution in [0.15, 0.2) is 73.1 Å². The van der Waals surface area contributed by atoms with Gasteiger partial charge in [-0.15, -0.1) is 0 Å². The van der Waals surface area contributed by atoms with E-state index in [-0.39, 0.29) is 5.91 Å². The normalized spacial score (nSPS) is 14.9. The summed E-state index contributed by atoms with van der Waals surface area (Å²) in [6.45, 7) is 0. The van der Waals surface area contributed by atoms with Gasteiger partial charge in [-0.25, -0.2) is 0 Å². The molecule has 0 spiro atoms. The van der Waals surface area contributed by atoms with Gasteiger partial charge in [-0.3, -0.25) is 4.79 Å². The molecule has 1 aliphatic rings. The van der Waals surface area contributed by atoms with Crippen molar-refractivity contribution in [2.24, 2.45) is 0 Å². The Kier molecular flexibility index (Phi) is 4.87. The van der Waals surface area contributed by atoms with E-state index in [1.807, 2.05) is 65.5 Å². The maximum absolute atomic E-state index is 12.5. The number of carbonyl (C=O) groups excluding carboxylic acids is 1. The number of hydrogen-bond acceptors (Lipinski definition) is 1. The molecule has 1 fully saturated rings. The van der Waals surface area contributed by atoms with Crippen LogP contribution in [0.25, 0.3) is 5.69 Å². The van der Waals surface area contributed by atoms with Crippen molar-refractivity contribution >= 4 is 11.6 Å². The van der Waals surface area contributed by atoms with Gasteiger partial charge in [0.2, 0.25) is 0 Å². The fourth-order valence-corrected chi connectivity index (χ4v) is 3.77. The SMILES string of the molecule is O=C(Nc1ccc(C2CCCCC2)cc1)c1ccc(-n2cccc2)cc1. The highest BCUT2D eigenvalue weighted by Crippen LogP contribution is 2.33. The number of carbonyl (C=O) groups is 1. The number of benzene rings is 2. The van der Waals surface area contributed by atoms with Gasteiger partial charge in [-0.05, 0) is 72.9 Å². The van der Waals surface area contributed by atoms with Crippen LogP contribution in [0.1, 0.15) is 53.9 Å². The van der Waals surface area contributed by atoms with Gasteiger partial charge >= 0.3 is 0 Å². The van der Waals surface area contributed by atoms with Crippen molar-refractivity contribution in [1.29, 1.82) is 0 Å². The molecular formula is C23H24N2O. The van der Waals surface area contributed by atoms with Crippen molar-refractivity contribution in [2.75, 3.05) is 5.32 Å². The smallest absolute Gasteiger partial charge is 0.255 e. The van der Waals surface area contributed by atoms with Crippen LogP contribution in [0.3, 0.4) is 0 Å². The lowest BCUT2D eigenvalue weighted by Gasteiger charge is -2.22. The topological polar surface area (TPSA) is 34.0 Å². The number of nitrogens with one attached hydrogen (secondary N) is 1. The van der Waals surface area contributed by atoms with E-state index in [0.29, 0.717) is 11.5 Å². The van der Waals surface area contributed by atoms with Crippen LogP contribution in [0.5, 0.6) is 0 Å². The van der Waals surface area contributed by atoms with E-state index in [9.17, 15) is 4.79 Å². The van der Waals surface area contributed by atoms with Crippen molar-refractivity contribution in [3.05, 3.63) is 84.2 Å². The average Bonchev–Trinajstić information content (AvgIpc) is 3.24.